The molecule has 0 aliphatic heterocycles. The van der Waals surface area contributed by atoms with E-state index < -0.39 is 5.91 Å². The molecule has 0 saturated heterocycles. The minimum Gasteiger partial charge on any atom is -0.436 e. The van der Waals surface area contributed by atoms with Crippen LogP contribution in [0.5, 0.6) is 0 Å². The first-order valence-electron chi connectivity index (χ1n) is 5.70. The smallest absolute Gasteiger partial charge is 0.248 e. The number of nitrogen functional groups attached to an aromatic ring is 1. The van der Waals surface area contributed by atoms with Gasteiger partial charge in [-0.15, -0.1) is 0 Å². The maximum Gasteiger partial charge on any atom is 0.248 e. The Labute approximate surface area is 108 Å². The van der Waals surface area contributed by atoms with E-state index in [1.807, 2.05) is 0 Å². The lowest BCUT2D eigenvalue weighted by molar-refractivity contribution is 0.100. The number of carbonyl (C=O) groups excluding carboxylic acids is 1. The van der Waals surface area contributed by atoms with Crippen LogP contribution in [0.3, 0.4) is 0 Å². The molecule has 2 aromatic carbocycles. The molecule has 3 aromatic rings. The van der Waals surface area contributed by atoms with E-state index in [2.05, 4.69) is 4.98 Å². The number of hydrogen-bond acceptors (Lipinski definition) is 4. The molecule has 3 rings (SSSR count). The second kappa shape index (κ2) is 4.13. The van der Waals surface area contributed by atoms with Crippen LogP contribution in [0.4, 0.5) is 5.69 Å². The summed E-state index contributed by atoms with van der Waals surface area (Å²) in [7, 11) is 0. The fourth-order valence-corrected chi connectivity index (χ4v) is 1.84. The maximum absolute atomic E-state index is 11.0. The van der Waals surface area contributed by atoms with E-state index in [0.717, 1.165) is 11.1 Å². The molecule has 0 fully saturated rings. The minimum absolute atomic E-state index is 0.448. The Hall–Kier alpha value is -2.82. The van der Waals surface area contributed by atoms with Crippen molar-refractivity contribution < 1.29 is 9.21 Å². The number of amides is 1. The summed E-state index contributed by atoms with van der Waals surface area (Å²) < 4.78 is 5.63. The number of fused-ring (bicyclic) bond motifs is 1. The van der Waals surface area contributed by atoms with Gasteiger partial charge in [-0.05, 0) is 36.4 Å². The van der Waals surface area contributed by atoms with Gasteiger partial charge < -0.3 is 15.9 Å². The molecule has 0 saturated carbocycles. The number of hydrogen-bond donors (Lipinski definition) is 2. The van der Waals surface area contributed by atoms with E-state index >= 15 is 0 Å². The molecule has 94 valence electrons. The van der Waals surface area contributed by atoms with Crippen LogP contribution < -0.4 is 11.5 Å². The third kappa shape index (κ3) is 2.01. The molecule has 1 aromatic heterocycles. The molecular weight excluding hydrogens is 242 g/mol. The van der Waals surface area contributed by atoms with Gasteiger partial charge in [-0.3, -0.25) is 4.79 Å². The molecule has 0 bridgehead atoms. The molecule has 5 nitrogen and oxygen atoms in total. The molecule has 1 heterocycles. The number of aromatic nitrogens is 1. The van der Waals surface area contributed by atoms with Gasteiger partial charge in [-0.1, -0.05) is 0 Å². The van der Waals surface area contributed by atoms with Crippen LogP contribution in [0.2, 0.25) is 0 Å². The van der Waals surface area contributed by atoms with Gasteiger partial charge in [-0.2, -0.15) is 0 Å². The average Bonchev–Trinajstić information content (AvgIpc) is 2.81. The summed E-state index contributed by atoms with van der Waals surface area (Å²) in [4.78, 5) is 15.4. The SMILES string of the molecule is NC(=O)c1ccc(-c2nc3ccc(N)cc3o2)cc1. The summed E-state index contributed by atoms with van der Waals surface area (Å²) in [6.07, 6.45) is 0. The number of carbonyl (C=O) groups is 1. The van der Waals surface area contributed by atoms with E-state index in [1.54, 1.807) is 42.5 Å². The van der Waals surface area contributed by atoms with E-state index in [-0.39, 0.29) is 0 Å². The lowest BCUT2D eigenvalue weighted by Gasteiger charge is -1.97. The van der Waals surface area contributed by atoms with Gasteiger partial charge in [0.05, 0.1) is 0 Å². The molecule has 5 heteroatoms. The second-order valence-electron chi connectivity index (χ2n) is 4.19. The molecule has 4 N–H and O–H groups in total. The van der Waals surface area contributed by atoms with Gasteiger partial charge >= 0.3 is 0 Å². The topological polar surface area (TPSA) is 95.1 Å². The van der Waals surface area contributed by atoms with Crippen molar-refractivity contribution in [3.63, 3.8) is 0 Å². The average molecular weight is 253 g/mol. The van der Waals surface area contributed by atoms with Crippen molar-refractivity contribution in [2.45, 2.75) is 0 Å². The van der Waals surface area contributed by atoms with Gasteiger partial charge in [0, 0.05) is 22.9 Å². The Bertz CT molecular complexity index is 760. The van der Waals surface area contributed by atoms with Gasteiger partial charge in [0.1, 0.15) is 5.52 Å². The first-order valence-corrected chi connectivity index (χ1v) is 5.70. The van der Waals surface area contributed by atoms with Crippen molar-refractivity contribution >= 4 is 22.7 Å². The normalized spacial score (nSPS) is 10.7. The predicted octanol–water partition coefficient (Wildman–Crippen LogP) is 2.18. The van der Waals surface area contributed by atoms with Crippen molar-refractivity contribution in [1.29, 1.82) is 0 Å². The highest BCUT2D eigenvalue weighted by Gasteiger charge is 2.09. The summed E-state index contributed by atoms with van der Waals surface area (Å²) in [5, 5.41) is 0. The Morgan fingerprint density at radius 3 is 2.53 bits per heavy atom. The second-order valence-corrected chi connectivity index (χ2v) is 4.19. The fraction of sp³-hybridized carbons (Fsp3) is 0. The van der Waals surface area contributed by atoms with Crippen LogP contribution in [-0.4, -0.2) is 10.9 Å². The monoisotopic (exact) mass is 253 g/mol. The first-order chi connectivity index (χ1) is 9.13. The quantitative estimate of drug-likeness (QED) is 0.684. The van der Waals surface area contributed by atoms with Gasteiger partial charge in [-0.25, -0.2) is 4.98 Å². The van der Waals surface area contributed by atoms with Crippen molar-refractivity contribution in [2.75, 3.05) is 5.73 Å². The van der Waals surface area contributed by atoms with Crippen molar-refractivity contribution in [2.24, 2.45) is 5.73 Å². The van der Waals surface area contributed by atoms with Crippen molar-refractivity contribution in [3.05, 3.63) is 48.0 Å². The number of anilines is 1. The lowest BCUT2D eigenvalue weighted by atomic mass is 10.1. The van der Waals surface area contributed by atoms with Gasteiger partial charge in [0.2, 0.25) is 11.8 Å². The Kier molecular flexibility index (Phi) is 2.45. The van der Waals surface area contributed by atoms with Crippen LogP contribution in [-0.2, 0) is 0 Å². The fourth-order valence-electron chi connectivity index (χ4n) is 1.84. The summed E-state index contributed by atoms with van der Waals surface area (Å²) in [5.74, 6) is 0.0218. The third-order valence-corrected chi connectivity index (χ3v) is 2.83. The zero-order valence-corrected chi connectivity index (χ0v) is 9.96. The van der Waals surface area contributed by atoms with Crippen LogP contribution in [0.25, 0.3) is 22.6 Å². The van der Waals surface area contributed by atoms with Crippen LogP contribution in [0, 0.1) is 0 Å². The molecule has 0 unspecified atom stereocenters. The van der Waals surface area contributed by atoms with Crippen LogP contribution in [0.1, 0.15) is 10.4 Å². The number of benzene rings is 2. The highest BCUT2D eigenvalue weighted by molar-refractivity contribution is 5.93. The molecule has 0 aliphatic rings. The van der Waals surface area contributed by atoms with Crippen LogP contribution >= 0.6 is 0 Å². The molecule has 0 radical (unpaired) electrons. The highest BCUT2D eigenvalue weighted by Crippen LogP contribution is 2.25. The minimum atomic E-state index is -0.461. The molecule has 0 atom stereocenters. The summed E-state index contributed by atoms with van der Waals surface area (Å²) in [6.45, 7) is 0. The third-order valence-electron chi connectivity index (χ3n) is 2.83. The van der Waals surface area contributed by atoms with Crippen molar-refractivity contribution in [3.8, 4) is 11.5 Å². The van der Waals surface area contributed by atoms with E-state index in [9.17, 15) is 4.79 Å². The lowest BCUT2D eigenvalue weighted by Crippen LogP contribution is -2.10. The maximum atomic E-state index is 11.0. The van der Waals surface area contributed by atoms with E-state index in [1.165, 1.54) is 0 Å². The molecule has 19 heavy (non-hydrogen) atoms. The number of nitrogens with two attached hydrogens (primary N) is 2. The van der Waals surface area contributed by atoms with Crippen molar-refractivity contribution in [1.82, 2.24) is 4.98 Å². The number of primary amides is 1. The Morgan fingerprint density at radius 2 is 1.84 bits per heavy atom. The standard InChI is InChI=1S/C14H11N3O2/c15-10-5-6-11-12(7-10)19-14(17-11)9-3-1-8(2-4-9)13(16)18/h1-7H,15H2,(H2,16,18). The van der Waals surface area contributed by atoms with E-state index in [0.29, 0.717) is 22.7 Å². The number of nitrogens with zero attached hydrogens (tertiary/aromatic N) is 1. The van der Waals surface area contributed by atoms with Crippen LogP contribution in [0.15, 0.2) is 46.9 Å². The van der Waals surface area contributed by atoms with Gasteiger partial charge in [0.25, 0.3) is 0 Å². The molecule has 1 amide bonds. The Morgan fingerprint density at radius 1 is 1.11 bits per heavy atom. The predicted molar refractivity (Wildman–Crippen MR) is 72.4 cm³/mol. The largest absolute Gasteiger partial charge is 0.436 e. The number of rotatable bonds is 2. The summed E-state index contributed by atoms with van der Waals surface area (Å²) >= 11 is 0. The Balaban J connectivity index is 2.06. The number of oxazole rings is 1. The molecule has 0 spiro atoms. The summed E-state index contributed by atoms with van der Waals surface area (Å²) in [5.41, 5.74) is 14.1. The summed E-state index contributed by atoms with van der Waals surface area (Å²) in [6, 6.07) is 12.1. The zero-order valence-electron chi connectivity index (χ0n) is 9.96. The molecule has 0 aliphatic carbocycles. The molecular formula is C14H11N3O2. The van der Waals surface area contributed by atoms with E-state index in [4.69, 9.17) is 15.9 Å². The first kappa shape index (κ1) is 11.3. The highest BCUT2D eigenvalue weighted by atomic mass is 16.3. The zero-order chi connectivity index (χ0) is 13.4. The van der Waals surface area contributed by atoms with Gasteiger partial charge in [0.15, 0.2) is 5.58 Å².